The van der Waals surface area contributed by atoms with Gasteiger partial charge in [-0.25, -0.2) is 4.98 Å². The molecule has 1 aromatic heterocycles. The first-order valence-electron chi connectivity index (χ1n) is 7.24. The highest BCUT2D eigenvalue weighted by Gasteiger charge is 2.21. The molecule has 0 spiro atoms. The summed E-state index contributed by atoms with van der Waals surface area (Å²) >= 11 is 5.92. The normalized spacial score (nSPS) is 17.2. The van der Waals surface area contributed by atoms with Crippen molar-refractivity contribution in [1.29, 1.82) is 0 Å². The number of rotatable bonds is 3. The van der Waals surface area contributed by atoms with Crippen molar-refractivity contribution in [3.05, 3.63) is 52.3 Å². The molecule has 2 aromatic rings. The largest absolute Gasteiger partial charge is 0.497 e. The maximum atomic E-state index is 5.92. The van der Waals surface area contributed by atoms with Gasteiger partial charge in [0.15, 0.2) is 0 Å². The number of nitrogens with zero attached hydrogens (tertiary/aromatic N) is 1. The lowest BCUT2D eigenvalue weighted by molar-refractivity contribution is 0.413. The number of halogens is 1. The first-order chi connectivity index (χ1) is 10.2. The molecular weight excluding hydrogens is 284 g/mol. The highest BCUT2D eigenvalue weighted by atomic mass is 35.5. The molecule has 3 nitrogen and oxygen atoms in total. The average molecular weight is 303 g/mol. The molecule has 110 valence electrons. The minimum atomic E-state index is 0.297. The average Bonchev–Trinajstić information content (AvgIpc) is 2.50. The predicted octanol–water partition coefficient (Wildman–Crippen LogP) is 4.54. The Kier molecular flexibility index (Phi) is 4.02. The van der Waals surface area contributed by atoms with Crippen molar-refractivity contribution >= 4 is 17.3 Å². The minimum absolute atomic E-state index is 0.297. The Morgan fingerprint density at radius 2 is 2.14 bits per heavy atom. The number of methoxy groups -OCH3 is 1. The fraction of sp³-hybridized carbons (Fsp3) is 0.353. The lowest BCUT2D eigenvalue weighted by Gasteiger charge is -2.28. The SMILES string of the molecule is COc1ccc2c(c1)C(Nc1ccc(Cl)nc1C)CCC2. The molecule has 3 rings (SSSR count). The van der Waals surface area contributed by atoms with Gasteiger partial charge in [-0.3, -0.25) is 0 Å². The number of nitrogens with one attached hydrogen (secondary N) is 1. The van der Waals surface area contributed by atoms with Gasteiger partial charge in [-0.2, -0.15) is 0 Å². The summed E-state index contributed by atoms with van der Waals surface area (Å²) in [6.45, 7) is 1.98. The van der Waals surface area contributed by atoms with Crippen LogP contribution in [0.2, 0.25) is 5.15 Å². The van der Waals surface area contributed by atoms with Gasteiger partial charge in [0.25, 0.3) is 0 Å². The Morgan fingerprint density at radius 3 is 2.90 bits per heavy atom. The van der Waals surface area contributed by atoms with Crippen LogP contribution in [0.5, 0.6) is 5.75 Å². The van der Waals surface area contributed by atoms with Gasteiger partial charge in [0.1, 0.15) is 10.9 Å². The van der Waals surface area contributed by atoms with Crippen LogP contribution in [0.15, 0.2) is 30.3 Å². The van der Waals surface area contributed by atoms with E-state index in [4.69, 9.17) is 16.3 Å². The van der Waals surface area contributed by atoms with E-state index < -0.39 is 0 Å². The number of pyridine rings is 1. The monoisotopic (exact) mass is 302 g/mol. The molecule has 4 heteroatoms. The molecule has 0 fully saturated rings. The molecule has 1 unspecified atom stereocenters. The summed E-state index contributed by atoms with van der Waals surface area (Å²) in [6, 6.07) is 10.5. The zero-order valence-electron chi connectivity index (χ0n) is 12.3. The van der Waals surface area contributed by atoms with Crippen molar-refractivity contribution in [2.45, 2.75) is 32.2 Å². The van der Waals surface area contributed by atoms with Crippen LogP contribution in [0.1, 0.15) is 35.7 Å². The standard InChI is InChI=1S/C17H19ClN2O/c1-11-15(8-9-17(18)19-11)20-16-5-3-4-12-6-7-13(21-2)10-14(12)16/h6-10,16,20H,3-5H2,1-2H3. The summed E-state index contributed by atoms with van der Waals surface area (Å²) in [6.07, 6.45) is 3.44. The second kappa shape index (κ2) is 5.94. The van der Waals surface area contributed by atoms with Crippen LogP contribution >= 0.6 is 11.6 Å². The lowest BCUT2D eigenvalue weighted by Crippen LogP contribution is -2.18. The van der Waals surface area contributed by atoms with E-state index in [0.29, 0.717) is 11.2 Å². The summed E-state index contributed by atoms with van der Waals surface area (Å²) in [5.74, 6) is 0.911. The summed E-state index contributed by atoms with van der Waals surface area (Å²) in [5.41, 5.74) is 4.70. The summed E-state index contributed by atoms with van der Waals surface area (Å²) in [4.78, 5) is 4.31. The molecule has 0 radical (unpaired) electrons. The van der Waals surface area contributed by atoms with Crippen LogP contribution in [0.4, 0.5) is 5.69 Å². The highest BCUT2D eigenvalue weighted by Crippen LogP contribution is 2.35. The van der Waals surface area contributed by atoms with Crippen LogP contribution in [0.25, 0.3) is 0 Å². The number of hydrogen-bond donors (Lipinski definition) is 1. The van der Waals surface area contributed by atoms with Gasteiger partial charge in [-0.1, -0.05) is 17.7 Å². The third-order valence-electron chi connectivity index (χ3n) is 4.05. The number of aromatic nitrogens is 1. The predicted molar refractivity (Wildman–Crippen MR) is 86.3 cm³/mol. The first kappa shape index (κ1) is 14.2. The van der Waals surface area contributed by atoms with Crippen molar-refractivity contribution < 1.29 is 4.74 Å². The minimum Gasteiger partial charge on any atom is -0.497 e. The molecule has 0 amide bonds. The van der Waals surface area contributed by atoms with E-state index >= 15 is 0 Å². The number of hydrogen-bond acceptors (Lipinski definition) is 3. The van der Waals surface area contributed by atoms with Crippen molar-refractivity contribution in [1.82, 2.24) is 4.98 Å². The van der Waals surface area contributed by atoms with Gasteiger partial charge in [0, 0.05) is 0 Å². The molecular formula is C17H19ClN2O. The van der Waals surface area contributed by atoms with E-state index in [-0.39, 0.29) is 0 Å². The molecule has 0 aliphatic heterocycles. The smallest absolute Gasteiger partial charge is 0.129 e. The summed E-state index contributed by atoms with van der Waals surface area (Å²) < 4.78 is 5.36. The maximum absolute atomic E-state index is 5.92. The Labute approximate surface area is 130 Å². The zero-order chi connectivity index (χ0) is 14.8. The van der Waals surface area contributed by atoms with E-state index in [0.717, 1.165) is 30.0 Å². The Balaban J connectivity index is 1.90. The van der Waals surface area contributed by atoms with Crippen molar-refractivity contribution in [2.75, 3.05) is 12.4 Å². The third kappa shape index (κ3) is 2.98. The number of ether oxygens (including phenoxy) is 1. The number of aryl methyl sites for hydroxylation is 2. The van der Waals surface area contributed by atoms with Crippen LogP contribution in [-0.4, -0.2) is 12.1 Å². The van der Waals surface area contributed by atoms with Gasteiger partial charge in [0.2, 0.25) is 0 Å². The van der Waals surface area contributed by atoms with Gasteiger partial charge in [0.05, 0.1) is 24.5 Å². The number of benzene rings is 1. The molecule has 0 bridgehead atoms. The second-order valence-electron chi connectivity index (χ2n) is 5.42. The molecule has 1 N–H and O–H groups in total. The molecule has 1 aliphatic rings. The van der Waals surface area contributed by atoms with Gasteiger partial charge < -0.3 is 10.1 Å². The van der Waals surface area contributed by atoms with E-state index in [1.54, 1.807) is 7.11 Å². The van der Waals surface area contributed by atoms with Crippen molar-refractivity contribution in [2.24, 2.45) is 0 Å². The molecule has 1 aliphatic carbocycles. The van der Waals surface area contributed by atoms with Crippen LogP contribution in [0, 0.1) is 6.92 Å². The molecule has 0 saturated heterocycles. The summed E-state index contributed by atoms with van der Waals surface area (Å²) in [5, 5.41) is 4.14. The molecule has 1 atom stereocenters. The Bertz CT molecular complexity index is 657. The van der Waals surface area contributed by atoms with Crippen LogP contribution < -0.4 is 10.1 Å². The van der Waals surface area contributed by atoms with E-state index in [2.05, 4.69) is 22.4 Å². The van der Waals surface area contributed by atoms with E-state index in [9.17, 15) is 0 Å². The second-order valence-corrected chi connectivity index (χ2v) is 5.81. The van der Waals surface area contributed by atoms with E-state index in [1.807, 2.05) is 25.1 Å². The van der Waals surface area contributed by atoms with Crippen LogP contribution in [-0.2, 0) is 6.42 Å². The van der Waals surface area contributed by atoms with E-state index in [1.165, 1.54) is 17.5 Å². The van der Waals surface area contributed by atoms with Crippen molar-refractivity contribution in [3.8, 4) is 5.75 Å². The lowest BCUT2D eigenvalue weighted by atomic mass is 9.87. The Hall–Kier alpha value is -1.74. The van der Waals surface area contributed by atoms with Crippen molar-refractivity contribution in [3.63, 3.8) is 0 Å². The van der Waals surface area contributed by atoms with Gasteiger partial charge >= 0.3 is 0 Å². The molecule has 0 saturated carbocycles. The molecule has 1 heterocycles. The highest BCUT2D eigenvalue weighted by molar-refractivity contribution is 6.29. The number of anilines is 1. The summed E-state index contributed by atoms with van der Waals surface area (Å²) in [7, 11) is 1.71. The number of fused-ring (bicyclic) bond motifs is 1. The third-order valence-corrected chi connectivity index (χ3v) is 4.26. The molecule has 1 aromatic carbocycles. The fourth-order valence-electron chi connectivity index (χ4n) is 2.92. The first-order valence-corrected chi connectivity index (χ1v) is 7.61. The Morgan fingerprint density at radius 1 is 1.29 bits per heavy atom. The van der Waals surface area contributed by atoms with Gasteiger partial charge in [-0.05, 0) is 61.6 Å². The molecule has 21 heavy (non-hydrogen) atoms. The zero-order valence-corrected chi connectivity index (χ0v) is 13.1. The fourth-order valence-corrected chi connectivity index (χ4v) is 3.11. The van der Waals surface area contributed by atoms with Gasteiger partial charge in [-0.15, -0.1) is 0 Å². The topological polar surface area (TPSA) is 34.1 Å². The quantitative estimate of drug-likeness (QED) is 0.845. The maximum Gasteiger partial charge on any atom is 0.129 e. The van der Waals surface area contributed by atoms with Crippen LogP contribution in [0.3, 0.4) is 0 Å².